The number of aromatic hydroxyl groups is 3. The third-order valence-electron chi connectivity index (χ3n) is 7.00. The Morgan fingerprint density at radius 2 is 1.17 bits per heavy atom. The van der Waals surface area contributed by atoms with Crippen LogP contribution in [0.4, 0.5) is 0 Å². The van der Waals surface area contributed by atoms with E-state index in [0.29, 0.717) is 43.2 Å². The summed E-state index contributed by atoms with van der Waals surface area (Å²) in [5.41, 5.74) is 0.0587. The summed E-state index contributed by atoms with van der Waals surface area (Å²) >= 11 is 0. The molecule has 0 unspecified atom stereocenters. The Kier molecular flexibility index (Phi) is 6.48. The van der Waals surface area contributed by atoms with E-state index >= 15 is 0 Å². The molecule has 1 aromatic rings. The maximum Gasteiger partial charge on any atom is 0.309 e. The molecule has 3 rings (SSSR count). The Labute approximate surface area is 176 Å². The minimum atomic E-state index is -0.732. The zero-order chi connectivity index (χ0) is 21.9. The van der Waals surface area contributed by atoms with Gasteiger partial charge in [0, 0.05) is 17.2 Å². The zero-order valence-electron chi connectivity index (χ0n) is 17.3. The second-order valence-electron chi connectivity index (χ2n) is 9.16. The quantitative estimate of drug-likeness (QED) is 0.182. The fourth-order valence-electron chi connectivity index (χ4n) is 4.44. The lowest BCUT2D eigenvalue weighted by molar-refractivity contribution is -0.144. The largest absolute Gasteiger partial charge is 0.508 e. The smallest absolute Gasteiger partial charge is 0.309 e. The molecule has 30 heavy (non-hydrogen) atoms. The summed E-state index contributed by atoms with van der Waals surface area (Å²) in [5, 5.41) is 49.0. The Balaban J connectivity index is 1.52. The number of hydrogen-bond donors (Lipinski definition) is 5. The number of phenols is 3. The van der Waals surface area contributed by atoms with Gasteiger partial charge in [-0.3, -0.25) is 9.59 Å². The summed E-state index contributed by atoms with van der Waals surface area (Å²) in [6.45, 7) is 0. The number of aliphatic carboxylic acids is 2. The lowest BCUT2D eigenvalue weighted by Crippen LogP contribution is -2.14. The predicted octanol–water partition coefficient (Wildman–Crippen LogP) is 4.35. The third kappa shape index (κ3) is 4.82. The molecule has 0 heterocycles. The monoisotopic (exact) mass is 420 g/mol. The first-order valence-corrected chi connectivity index (χ1v) is 10.9. The van der Waals surface area contributed by atoms with E-state index in [4.69, 9.17) is 0 Å². The van der Waals surface area contributed by atoms with Crippen LogP contribution in [0.5, 0.6) is 17.2 Å². The van der Waals surface area contributed by atoms with E-state index in [1.54, 1.807) is 0 Å². The van der Waals surface area contributed by atoms with Gasteiger partial charge in [-0.15, -0.1) is 0 Å². The SMILES string of the molecule is O=C(O)C1(CCCCCc2c(O)c(O)cc(O)c2CCCCC2(C(=O)O)CC2)CC1. The molecule has 2 aliphatic rings. The van der Waals surface area contributed by atoms with Crippen molar-refractivity contribution >= 4 is 11.9 Å². The van der Waals surface area contributed by atoms with Crippen LogP contribution in [0.3, 0.4) is 0 Å². The third-order valence-corrected chi connectivity index (χ3v) is 7.00. The number of unbranched alkanes of at least 4 members (excludes halogenated alkanes) is 3. The Morgan fingerprint density at radius 3 is 1.67 bits per heavy atom. The Bertz CT molecular complexity index is 806. The van der Waals surface area contributed by atoms with E-state index in [2.05, 4.69) is 0 Å². The summed E-state index contributed by atoms with van der Waals surface area (Å²) in [5.74, 6) is -2.06. The Hall–Kier alpha value is -2.44. The van der Waals surface area contributed by atoms with Crippen molar-refractivity contribution < 1.29 is 35.1 Å². The van der Waals surface area contributed by atoms with Crippen LogP contribution in [0.1, 0.15) is 81.8 Å². The molecule has 0 amide bonds. The lowest BCUT2D eigenvalue weighted by atomic mass is 9.92. The molecule has 166 valence electrons. The van der Waals surface area contributed by atoms with Crippen molar-refractivity contribution in [2.45, 2.75) is 83.5 Å². The highest BCUT2D eigenvalue weighted by molar-refractivity contribution is 5.78. The van der Waals surface area contributed by atoms with Gasteiger partial charge in [-0.1, -0.05) is 19.3 Å². The Morgan fingerprint density at radius 1 is 0.700 bits per heavy atom. The van der Waals surface area contributed by atoms with Crippen molar-refractivity contribution in [1.29, 1.82) is 0 Å². The maximum atomic E-state index is 11.3. The number of hydrogen-bond acceptors (Lipinski definition) is 5. The first kappa shape index (κ1) is 22.2. The van der Waals surface area contributed by atoms with Crippen LogP contribution in [-0.4, -0.2) is 37.5 Å². The summed E-state index contributed by atoms with van der Waals surface area (Å²) in [6.07, 6.45) is 8.97. The number of benzene rings is 1. The average Bonchev–Trinajstić information content (AvgIpc) is 3.59. The van der Waals surface area contributed by atoms with Crippen LogP contribution in [0, 0.1) is 10.8 Å². The summed E-state index contributed by atoms with van der Waals surface area (Å²) < 4.78 is 0. The van der Waals surface area contributed by atoms with Crippen molar-refractivity contribution in [2.75, 3.05) is 0 Å². The molecule has 0 atom stereocenters. The van der Waals surface area contributed by atoms with Crippen LogP contribution in [0.15, 0.2) is 6.07 Å². The van der Waals surface area contributed by atoms with Crippen LogP contribution in [0.25, 0.3) is 0 Å². The van der Waals surface area contributed by atoms with E-state index in [-0.39, 0.29) is 17.2 Å². The van der Waals surface area contributed by atoms with Gasteiger partial charge in [0.15, 0.2) is 11.5 Å². The number of carbonyl (C=O) groups is 2. The second-order valence-corrected chi connectivity index (χ2v) is 9.16. The van der Waals surface area contributed by atoms with E-state index in [1.807, 2.05) is 0 Å². The lowest BCUT2D eigenvalue weighted by Gasteiger charge is -2.16. The van der Waals surface area contributed by atoms with Gasteiger partial charge in [-0.2, -0.15) is 0 Å². The summed E-state index contributed by atoms with van der Waals surface area (Å²) in [6, 6.07) is 1.15. The van der Waals surface area contributed by atoms with Crippen molar-refractivity contribution in [3.05, 3.63) is 17.2 Å². The molecular weight excluding hydrogens is 388 g/mol. The number of carboxylic acids is 2. The molecule has 2 fully saturated rings. The average molecular weight is 421 g/mol. The molecule has 7 nitrogen and oxygen atoms in total. The fourth-order valence-corrected chi connectivity index (χ4v) is 4.44. The molecular formula is C23H32O7. The van der Waals surface area contributed by atoms with Crippen LogP contribution in [0.2, 0.25) is 0 Å². The van der Waals surface area contributed by atoms with Gasteiger partial charge in [-0.25, -0.2) is 0 Å². The molecule has 0 spiro atoms. The van der Waals surface area contributed by atoms with E-state index in [0.717, 1.165) is 57.4 Å². The molecule has 0 bridgehead atoms. The molecule has 0 aromatic heterocycles. The van der Waals surface area contributed by atoms with Crippen LogP contribution < -0.4 is 0 Å². The van der Waals surface area contributed by atoms with E-state index in [9.17, 15) is 35.1 Å². The first-order chi connectivity index (χ1) is 14.2. The normalized spacial score (nSPS) is 18.1. The van der Waals surface area contributed by atoms with Gasteiger partial charge in [0.1, 0.15) is 5.75 Å². The first-order valence-electron chi connectivity index (χ1n) is 10.9. The number of carboxylic acid groups (broad SMARTS) is 2. The molecule has 2 aliphatic carbocycles. The highest BCUT2D eigenvalue weighted by atomic mass is 16.4. The molecule has 0 radical (unpaired) electrons. The van der Waals surface area contributed by atoms with Gasteiger partial charge in [-0.05, 0) is 64.2 Å². The fraction of sp³-hybridized carbons (Fsp3) is 0.652. The van der Waals surface area contributed by atoms with Crippen molar-refractivity contribution in [1.82, 2.24) is 0 Å². The van der Waals surface area contributed by atoms with Gasteiger partial charge >= 0.3 is 11.9 Å². The van der Waals surface area contributed by atoms with Gasteiger partial charge in [0.2, 0.25) is 0 Å². The van der Waals surface area contributed by atoms with E-state index < -0.39 is 22.8 Å². The molecule has 0 saturated heterocycles. The minimum absolute atomic E-state index is 0.0533. The molecule has 2 saturated carbocycles. The highest BCUT2D eigenvalue weighted by Gasteiger charge is 2.49. The molecule has 1 aromatic carbocycles. The van der Waals surface area contributed by atoms with E-state index in [1.165, 1.54) is 0 Å². The van der Waals surface area contributed by atoms with Gasteiger partial charge < -0.3 is 25.5 Å². The number of phenolic OH excluding ortho intramolecular Hbond substituents is 3. The maximum absolute atomic E-state index is 11.3. The summed E-state index contributed by atoms with van der Waals surface area (Å²) in [7, 11) is 0. The van der Waals surface area contributed by atoms with Crippen LogP contribution >= 0.6 is 0 Å². The highest BCUT2D eigenvalue weighted by Crippen LogP contribution is 2.51. The van der Waals surface area contributed by atoms with Crippen molar-refractivity contribution in [2.24, 2.45) is 10.8 Å². The molecule has 5 N–H and O–H groups in total. The zero-order valence-corrected chi connectivity index (χ0v) is 17.3. The van der Waals surface area contributed by atoms with Crippen LogP contribution in [-0.2, 0) is 22.4 Å². The van der Waals surface area contributed by atoms with Gasteiger partial charge in [0.05, 0.1) is 10.8 Å². The predicted molar refractivity (Wildman–Crippen MR) is 110 cm³/mol. The standard InChI is InChI=1S/C23H32O7/c24-17-14-18(25)19(26)16(7-2-1-4-8-22(10-11-22)20(27)28)15(17)6-3-5-9-23(12-13-23)21(29)30/h14,24-26H,1-13H2,(H,27,28)(H,29,30). The summed E-state index contributed by atoms with van der Waals surface area (Å²) in [4.78, 5) is 22.5. The van der Waals surface area contributed by atoms with Gasteiger partial charge in [0.25, 0.3) is 0 Å². The minimum Gasteiger partial charge on any atom is -0.508 e. The topological polar surface area (TPSA) is 135 Å². The molecule has 7 heteroatoms. The van der Waals surface area contributed by atoms with Crippen molar-refractivity contribution in [3.8, 4) is 17.2 Å². The van der Waals surface area contributed by atoms with Crippen molar-refractivity contribution in [3.63, 3.8) is 0 Å². The molecule has 0 aliphatic heterocycles. The second kappa shape index (κ2) is 8.74. The number of rotatable bonds is 13.